The van der Waals surface area contributed by atoms with E-state index >= 15 is 0 Å². The van der Waals surface area contributed by atoms with Gasteiger partial charge in [-0.15, -0.1) is 0 Å². The standard InChI is InChI=1S/C25H28FN5O4/c1-2-3-24(33)30-12-10-29(11-13-30)23-9-4-17(15-28-23)20-7-5-18(14-21(20)26)31-16-19(35-25(31)34)6-8-22(27)32/h2-5,7,9,14-15,19H,6,8,10-13,16H2,1H3,(H2,27,32). The van der Waals surface area contributed by atoms with E-state index in [4.69, 9.17) is 10.5 Å². The van der Waals surface area contributed by atoms with Gasteiger partial charge in [-0.1, -0.05) is 6.08 Å². The van der Waals surface area contributed by atoms with E-state index in [9.17, 15) is 18.8 Å². The highest BCUT2D eigenvalue weighted by Crippen LogP contribution is 2.30. The van der Waals surface area contributed by atoms with Crippen molar-refractivity contribution in [2.24, 2.45) is 5.73 Å². The number of rotatable bonds is 7. The molecule has 3 heterocycles. The highest BCUT2D eigenvalue weighted by molar-refractivity contribution is 5.90. The van der Waals surface area contributed by atoms with Crippen LogP contribution in [0.5, 0.6) is 0 Å². The van der Waals surface area contributed by atoms with E-state index in [1.54, 1.807) is 35.4 Å². The second-order valence-corrected chi connectivity index (χ2v) is 8.50. The molecule has 2 aliphatic rings. The number of benzene rings is 1. The van der Waals surface area contributed by atoms with Crippen molar-refractivity contribution in [3.63, 3.8) is 0 Å². The Morgan fingerprint density at radius 3 is 2.60 bits per heavy atom. The van der Waals surface area contributed by atoms with E-state index in [2.05, 4.69) is 9.88 Å². The number of aromatic nitrogens is 1. The highest BCUT2D eigenvalue weighted by atomic mass is 19.1. The SMILES string of the molecule is CC=CC(=O)N1CCN(c2ccc(-c3ccc(N4CC(CCC(N)=O)OC4=O)cc3F)cn2)CC1. The number of hydrogen-bond acceptors (Lipinski definition) is 6. The lowest BCUT2D eigenvalue weighted by atomic mass is 10.1. The zero-order valence-corrected chi connectivity index (χ0v) is 19.5. The van der Waals surface area contributed by atoms with Crippen LogP contribution >= 0.6 is 0 Å². The first-order chi connectivity index (χ1) is 16.9. The molecule has 35 heavy (non-hydrogen) atoms. The Morgan fingerprint density at radius 1 is 1.20 bits per heavy atom. The zero-order valence-electron chi connectivity index (χ0n) is 19.5. The number of allylic oxidation sites excluding steroid dienone is 1. The molecule has 184 valence electrons. The summed E-state index contributed by atoms with van der Waals surface area (Å²) in [6.45, 7) is 4.63. The average Bonchev–Trinajstić information content (AvgIpc) is 3.23. The van der Waals surface area contributed by atoms with Crippen molar-refractivity contribution >= 4 is 29.4 Å². The Morgan fingerprint density at radius 2 is 1.97 bits per heavy atom. The monoisotopic (exact) mass is 481 g/mol. The summed E-state index contributed by atoms with van der Waals surface area (Å²) in [6.07, 6.45) is 4.33. The van der Waals surface area contributed by atoms with E-state index in [0.29, 0.717) is 49.4 Å². The lowest BCUT2D eigenvalue weighted by Gasteiger charge is -2.35. The van der Waals surface area contributed by atoms with Crippen molar-refractivity contribution in [3.05, 3.63) is 54.5 Å². The van der Waals surface area contributed by atoms with Crippen molar-refractivity contribution in [1.82, 2.24) is 9.88 Å². The minimum Gasteiger partial charge on any atom is -0.444 e. The molecule has 9 nitrogen and oxygen atoms in total. The molecule has 0 aliphatic carbocycles. The first kappa shape index (κ1) is 24.2. The summed E-state index contributed by atoms with van der Waals surface area (Å²) in [7, 11) is 0. The summed E-state index contributed by atoms with van der Waals surface area (Å²) in [4.78, 5) is 44.9. The number of carbonyl (C=O) groups is 3. The van der Waals surface area contributed by atoms with Gasteiger partial charge in [0, 0.05) is 49.9 Å². The van der Waals surface area contributed by atoms with Gasteiger partial charge in [-0.25, -0.2) is 14.2 Å². The van der Waals surface area contributed by atoms with Crippen LogP contribution in [0.2, 0.25) is 0 Å². The maximum atomic E-state index is 15.0. The average molecular weight is 482 g/mol. The summed E-state index contributed by atoms with van der Waals surface area (Å²) in [6, 6.07) is 8.21. The van der Waals surface area contributed by atoms with Gasteiger partial charge in [0.2, 0.25) is 11.8 Å². The number of pyridine rings is 1. The molecular weight excluding hydrogens is 453 g/mol. The molecule has 2 N–H and O–H groups in total. The summed E-state index contributed by atoms with van der Waals surface area (Å²) >= 11 is 0. The van der Waals surface area contributed by atoms with Gasteiger partial charge < -0.3 is 20.3 Å². The number of nitrogens with zero attached hydrogens (tertiary/aromatic N) is 4. The van der Waals surface area contributed by atoms with Crippen LogP contribution in [0, 0.1) is 5.82 Å². The largest absolute Gasteiger partial charge is 0.444 e. The molecule has 10 heteroatoms. The molecule has 4 rings (SSSR count). The number of anilines is 2. The van der Waals surface area contributed by atoms with Crippen LogP contribution in [-0.4, -0.2) is 66.6 Å². The third-order valence-corrected chi connectivity index (χ3v) is 6.13. The Hall–Kier alpha value is -3.95. The van der Waals surface area contributed by atoms with Gasteiger partial charge >= 0.3 is 6.09 Å². The number of halogens is 1. The zero-order chi connectivity index (χ0) is 24.9. The number of hydrogen-bond donors (Lipinski definition) is 1. The minimum atomic E-state index is -0.579. The molecule has 0 bridgehead atoms. The predicted molar refractivity (Wildman–Crippen MR) is 129 cm³/mol. The number of cyclic esters (lactones) is 1. The van der Waals surface area contributed by atoms with Gasteiger partial charge in [0.15, 0.2) is 0 Å². The molecule has 2 aromatic rings. The molecule has 2 fully saturated rings. The fourth-order valence-electron chi connectivity index (χ4n) is 4.23. The highest BCUT2D eigenvalue weighted by Gasteiger charge is 2.32. The lowest BCUT2D eigenvalue weighted by molar-refractivity contribution is -0.126. The predicted octanol–water partition coefficient (Wildman–Crippen LogP) is 2.70. The number of nitrogens with two attached hydrogens (primary N) is 1. The smallest absolute Gasteiger partial charge is 0.414 e. The molecule has 3 amide bonds. The fourth-order valence-corrected chi connectivity index (χ4v) is 4.23. The second kappa shape index (κ2) is 10.5. The quantitative estimate of drug-likeness (QED) is 0.609. The molecule has 1 unspecified atom stereocenters. The number of ether oxygens (including phenoxy) is 1. The molecule has 0 saturated carbocycles. The minimum absolute atomic E-state index is 0.0118. The topological polar surface area (TPSA) is 109 Å². The Bertz CT molecular complexity index is 1130. The molecule has 2 saturated heterocycles. The maximum absolute atomic E-state index is 15.0. The third-order valence-electron chi connectivity index (χ3n) is 6.13. The Kier molecular flexibility index (Phi) is 7.28. The molecule has 0 radical (unpaired) electrons. The summed E-state index contributed by atoms with van der Waals surface area (Å²) < 4.78 is 20.2. The van der Waals surface area contributed by atoms with Gasteiger partial charge in [-0.3, -0.25) is 14.5 Å². The third kappa shape index (κ3) is 5.59. The van der Waals surface area contributed by atoms with Crippen LogP contribution in [0.25, 0.3) is 11.1 Å². The first-order valence-electron chi connectivity index (χ1n) is 11.5. The van der Waals surface area contributed by atoms with Crippen LogP contribution in [0.15, 0.2) is 48.7 Å². The molecule has 1 aromatic heterocycles. The summed E-state index contributed by atoms with van der Waals surface area (Å²) in [5.41, 5.74) is 6.52. The van der Waals surface area contributed by atoms with Gasteiger partial charge in [-0.2, -0.15) is 0 Å². The first-order valence-corrected chi connectivity index (χ1v) is 11.5. The van der Waals surface area contributed by atoms with Crippen molar-refractivity contribution in [2.75, 3.05) is 42.5 Å². The normalized spacial score (nSPS) is 18.3. The van der Waals surface area contributed by atoms with Crippen LogP contribution < -0.4 is 15.5 Å². The molecule has 2 aliphatic heterocycles. The van der Waals surface area contributed by atoms with E-state index in [-0.39, 0.29) is 18.9 Å². The van der Waals surface area contributed by atoms with E-state index in [1.165, 1.54) is 11.0 Å². The van der Waals surface area contributed by atoms with Gasteiger partial charge in [0.05, 0.1) is 12.2 Å². The van der Waals surface area contributed by atoms with Crippen molar-refractivity contribution < 1.29 is 23.5 Å². The van der Waals surface area contributed by atoms with Crippen LogP contribution in [0.3, 0.4) is 0 Å². The second-order valence-electron chi connectivity index (χ2n) is 8.50. The number of primary amides is 1. The van der Waals surface area contributed by atoms with Crippen LogP contribution in [0.1, 0.15) is 19.8 Å². The van der Waals surface area contributed by atoms with Gasteiger partial charge in [-0.05, 0) is 49.8 Å². The van der Waals surface area contributed by atoms with Crippen molar-refractivity contribution in [1.29, 1.82) is 0 Å². The van der Waals surface area contributed by atoms with Crippen LogP contribution in [0.4, 0.5) is 20.7 Å². The van der Waals surface area contributed by atoms with Crippen molar-refractivity contribution in [2.45, 2.75) is 25.9 Å². The van der Waals surface area contributed by atoms with Gasteiger partial charge in [0.1, 0.15) is 17.7 Å². The number of piperazine rings is 1. The number of amides is 3. The number of carbonyl (C=O) groups excluding carboxylic acids is 3. The maximum Gasteiger partial charge on any atom is 0.414 e. The van der Waals surface area contributed by atoms with Crippen molar-refractivity contribution in [3.8, 4) is 11.1 Å². The Labute approximate surface area is 202 Å². The van der Waals surface area contributed by atoms with Gasteiger partial charge in [0.25, 0.3) is 0 Å². The molecule has 1 aromatic carbocycles. The van der Waals surface area contributed by atoms with E-state index in [0.717, 1.165) is 5.82 Å². The fraction of sp³-hybridized carbons (Fsp3) is 0.360. The molecule has 1 atom stereocenters. The van der Waals surface area contributed by atoms with E-state index in [1.807, 2.05) is 19.1 Å². The molecular formula is C25H28FN5O4. The van der Waals surface area contributed by atoms with E-state index < -0.39 is 23.9 Å². The lowest BCUT2D eigenvalue weighted by Crippen LogP contribution is -2.48. The molecule has 0 spiro atoms. The van der Waals surface area contributed by atoms with Crippen LogP contribution in [-0.2, 0) is 14.3 Å². The summed E-state index contributed by atoms with van der Waals surface area (Å²) in [5, 5.41) is 0. The Balaban J connectivity index is 1.40. The summed E-state index contributed by atoms with van der Waals surface area (Å²) in [5.74, 6) is -0.165.